The predicted molar refractivity (Wildman–Crippen MR) is 74.0 cm³/mol. The van der Waals surface area contributed by atoms with E-state index in [0.717, 1.165) is 17.8 Å². The lowest BCUT2D eigenvalue weighted by atomic mass is 10.2. The van der Waals surface area contributed by atoms with Gasteiger partial charge in [0, 0.05) is 5.56 Å². The molecular formula is C16H16O3. The number of hydrogen-bond acceptors (Lipinski definition) is 3. The minimum Gasteiger partial charge on any atom is -0.490 e. The number of aryl methyl sites for hydroxylation is 1. The fourth-order valence-electron chi connectivity index (χ4n) is 1.67. The van der Waals surface area contributed by atoms with Gasteiger partial charge in [0.1, 0.15) is 31.0 Å². The van der Waals surface area contributed by atoms with Crippen LogP contribution in [0.5, 0.6) is 11.5 Å². The highest BCUT2D eigenvalue weighted by molar-refractivity contribution is 5.74. The van der Waals surface area contributed by atoms with Crippen LogP contribution in [0, 0.1) is 6.92 Å². The maximum absolute atomic E-state index is 10.5. The Hall–Kier alpha value is -2.29. The molecule has 0 N–H and O–H groups in total. The van der Waals surface area contributed by atoms with E-state index in [1.165, 1.54) is 5.56 Å². The van der Waals surface area contributed by atoms with Gasteiger partial charge in [0.15, 0.2) is 0 Å². The average Bonchev–Trinajstić information content (AvgIpc) is 2.44. The Morgan fingerprint density at radius 3 is 2.26 bits per heavy atom. The average molecular weight is 256 g/mol. The normalized spacial score (nSPS) is 9.95. The standard InChI is InChI=1S/C16H16O3/c1-13-3-2-4-16(11-13)19-10-9-18-15-7-5-14(12-17)6-8-15/h2-8,11-12H,9-10H2,1H3. The second kappa shape index (κ2) is 6.59. The van der Waals surface area contributed by atoms with Crippen LogP contribution in [0.1, 0.15) is 15.9 Å². The fraction of sp³-hybridized carbons (Fsp3) is 0.188. The Morgan fingerprint density at radius 2 is 1.63 bits per heavy atom. The molecule has 0 saturated carbocycles. The lowest BCUT2D eigenvalue weighted by Crippen LogP contribution is -2.09. The van der Waals surface area contributed by atoms with Gasteiger partial charge >= 0.3 is 0 Å². The number of benzene rings is 2. The van der Waals surface area contributed by atoms with Gasteiger partial charge in [-0.2, -0.15) is 0 Å². The van der Waals surface area contributed by atoms with Crippen LogP contribution in [0.15, 0.2) is 48.5 Å². The summed E-state index contributed by atoms with van der Waals surface area (Å²) in [5.74, 6) is 1.58. The van der Waals surface area contributed by atoms with Crippen molar-refractivity contribution in [2.45, 2.75) is 6.92 Å². The number of carbonyl (C=O) groups excluding carboxylic acids is 1. The largest absolute Gasteiger partial charge is 0.490 e. The minimum atomic E-state index is 0.467. The summed E-state index contributed by atoms with van der Waals surface area (Å²) >= 11 is 0. The van der Waals surface area contributed by atoms with E-state index < -0.39 is 0 Å². The third kappa shape index (κ3) is 4.14. The van der Waals surface area contributed by atoms with Gasteiger partial charge in [0.05, 0.1) is 0 Å². The SMILES string of the molecule is Cc1cccc(OCCOc2ccc(C=O)cc2)c1. The van der Waals surface area contributed by atoms with E-state index in [2.05, 4.69) is 0 Å². The highest BCUT2D eigenvalue weighted by atomic mass is 16.5. The van der Waals surface area contributed by atoms with Gasteiger partial charge in [0.25, 0.3) is 0 Å². The van der Waals surface area contributed by atoms with Gasteiger partial charge in [0.2, 0.25) is 0 Å². The Labute approximate surface area is 112 Å². The number of ether oxygens (including phenoxy) is 2. The molecule has 0 amide bonds. The van der Waals surface area contributed by atoms with Crippen molar-refractivity contribution in [1.82, 2.24) is 0 Å². The van der Waals surface area contributed by atoms with E-state index in [1.807, 2.05) is 31.2 Å². The Kier molecular flexibility index (Phi) is 4.56. The molecule has 2 aromatic rings. The summed E-state index contributed by atoms with van der Waals surface area (Å²) < 4.78 is 11.1. The van der Waals surface area contributed by atoms with Crippen LogP contribution >= 0.6 is 0 Å². The molecule has 3 nitrogen and oxygen atoms in total. The van der Waals surface area contributed by atoms with Crippen molar-refractivity contribution in [1.29, 1.82) is 0 Å². The van der Waals surface area contributed by atoms with Crippen molar-refractivity contribution in [3.63, 3.8) is 0 Å². The lowest BCUT2D eigenvalue weighted by Gasteiger charge is -2.08. The third-order valence-corrected chi connectivity index (χ3v) is 2.63. The molecule has 0 atom stereocenters. The Morgan fingerprint density at radius 1 is 0.947 bits per heavy atom. The van der Waals surface area contributed by atoms with Crippen molar-refractivity contribution in [3.8, 4) is 11.5 Å². The van der Waals surface area contributed by atoms with Gasteiger partial charge < -0.3 is 9.47 Å². The smallest absolute Gasteiger partial charge is 0.150 e. The van der Waals surface area contributed by atoms with Crippen LogP contribution in [-0.4, -0.2) is 19.5 Å². The zero-order valence-electron chi connectivity index (χ0n) is 10.8. The second-order valence-electron chi connectivity index (χ2n) is 4.20. The maximum Gasteiger partial charge on any atom is 0.150 e. The molecule has 0 bridgehead atoms. The van der Waals surface area contributed by atoms with E-state index in [4.69, 9.17) is 9.47 Å². The van der Waals surface area contributed by atoms with E-state index in [1.54, 1.807) is 24.3 Å². The molecule has 0 aliphatic carbocycles. The van der Waals surface area contributed by atoms with Crippen LogP contribution in [0.4, 0.5) is 0 Å². The molecule has 0 aliphatic rings. The maximum atomic E-state index is 10.5. The fourth-order valence-corrected chi connectivity index (χ4v) is 1.67. The van der Waals surface area contributed by atoms with Crippen molar-refractivity contribution < 1.29 is 14.3 Å². The first-order chi connectivity index (χ1) is 9.28. The van der Waals surface area contributed by atoms with E-state index >= 15 is 0 Å². The van der Waals surface area contributed by atoms with Crippen LogP contribution in [0.3, 0.4) is 0 Å². The predicted octanol–water partition coefficient (Wildman–Crippen LogP) is 3.27. The summed E-state index contributed by atoms with van der Waals surface area (Å²) in [6, 6.07) is 14.9. The second-order valence-corrected chi connectivity index (χ2v) is 4.20. The summed E-state index contributed by atoms with van der Waals surface area (Å²) in [5, 5.41) is 0. The zero-order chi connectivity index (χ0) is 13.5. The Balaban J connectivity index is 1.75. The molecule has 0 spiro atoms. The first-order valence-electron chi connectivity index (χ1n) is 6.15. The van der Waals surface area contributed by atoms with Crippen LogP contribution in [-0.2, 0) is 0 Å². The molecule has 2 aromatic carbocycles. The number of carbonyl (C=O) groups is 1. The minimum absolute atomic E-state index is 0.467. The summed E-state index contributed by atoms with van der Waals surface area (Å²) in [5.41, 5.74) is 1.81. The van der Waals surface area contributed by atoms with Gasteiger partial charge in [-0.25, -0.2) is 0 Å². The molecule has 0 fully saturated rings. The topological polar surface area (TPSA) is 35.5 Å². The first kappa shape index (κ1) is 13.1. The molecule has 0 unspecified atom stereocenters. The summed E-state index contributed by atoms with van der Waals surface area (Å²) in [6.07, 6.45) is 0.810. The molecule has 3 heteroatoms. The van der Waals surface area contributed by atoms with Crippen LogP contribution in [0.25, 0.3) is 0 Å². The highest BCUT2D eigenvalue weighted by Gasteiger charge is 1.96. The van der Waals surface area contributed by atoms with Gasteiger partial charge in [-0.15, -0.1) is 0 Å². The molecule has 0 radical (unpaired) electrons. The number of rotatable bonds is 6. The van der Waals surface area contributed by atoms with E-state index in [0.29, 0.717) is 18.8 Å². The van der Waals surface area contributed by atoms with Gasteiger partial charge in [-0.3, -0.25) is 4.79 Å². The van der Waals surface area contributed by atoms with Crippen LogP contribution < -0.4 is 9.47 Å². The quantitative estimate of drug-likeness (QED) is 0.588. The van der Waals surface area contributed by atoms with Crippen molar-refractivity contribution in [3.05, 3.63) is 59.7 Å². The van der Waals surface area contributed by atoms with Crippen LogP contribution in [0.2, 0.25) is 0 Å². The number of hydrogen-bond donors (Lipinski definition) is 0. The molecule has 98 valence electrons. The molecular weight excluding hydrogens is 240 g/mol. The molecule has 0 aromatic heterocycles. The van der Waals surface area contributed by atoms with Gasteiger partial charge in [-0.1, -0.05) is 12.1 Å². The highest BCUT2D eigenvalue weighted by Crippen LogP contribution is 2.13. The molecule has 19 heavy (non-hydrogen) atoms. The third-order valence-electron chi connectivity index (χ3n) is 2.63. The van der Waals surface area contributed by atoms with E-state index in [9.17, 15) is 4.79 Å². The lowest BCUT2D eigenvalue weighted by molar-refractivity contribution is 0.112. The molecule has 0 saturated heterocycles. The summed E-state index contributed by atoms with van der Waals surface area (Å²) in [4.78, 5) is 10.5. The van der Waals surface area contributed by atoms with Crippen molar-refractivity contribution in [2.75, 3.05) is 13.2 Å². The molecule has 0 aliphatic heterocycles. The number of aldehydes is 1. The monoisotopic (exact) mass is 256 g/mol. The molecule has 2 rings (SSSR count). The summed E-state index contributed by atoms with van der Waals surface area (Å²) in [6.45, 7) is 2.98. The first-order valence-corrected chi connectivity index (χ1v) is 6.15. The van der Waals surface area contributed by atoms with Crippen molar-refractivity contribution >= 4 is 6.29 Å². The van der Waals surface area contributed by atoms with Crippen molar-refractivity contribution in [2.24, 2.45) is 0 Å². The van der Waals surface area contributed by atoms with Gasteiger partial charge in [-0.05, 0) is 48.9 Å². The van der Waals surface area contributed by atoms with E-state index in [-0.39, 0.29) is 0 Å². The Bertz CT molecular complexity index is 532. The zero-order valence-corrected chi connectivity index (χ0v) is 10.8. The molecule has 0 heterocycles. The summed E-state index contributed by atoms with van der Waals surface area (Å²) in [7, 11) is 0.